The lowest BCUT2D eigenvalue weighted by Crippen LogP contribution is -2.29. The van der Waals surface area contributed by atoms with Crippen LogP contribution in [0.2, 0.25) is 0 Å². The summed E-state index contributed by atoms with van der Waals surface area (Å²) in [5, 5.41) is 0.385. The topological polar surface area (TPSA) is 137 Å². The SMILES string of the molecule is C.C.COCC1OC(n2ccc3c(=O)[nH]c(N)nc32)CC1OP([O-])(=S)OC. The Morgan fingerprint density at radius 3 is 2.85 bits per heavy atom. The maximum Gasteiger partial charge on any atom is 0.261 e. The molecular formula is C15H26N4O6PS-. The minimum absolute atomic E-state index is 0. The highest BCUT2D eigenvalue weighted by molar-refractivity contribution is 8.06. The molecule has 3 rings (SSSR count). The van der Waals surface area contributed by atoms with E-state index in [9.17, 15) is 9.69 Å². The van der Waals surface area contributed by atoms with E-state index in [1.807, 2.05) is 0 Å². The molecule has 1 aliphatic heterocycles. The van der Waals surface area contributed by atoms with Gasteiger partial charge >= 0.3 is 0 Å². The number of nitrogens with two attached hydrogens (primary N) is 1. The molecule has 1 aliphatic rings. The van der Waals surface area contributed by atoms with Crippen molar-refractivity contribution in [3.63, 3.8) is 0 Å². The summed E-state index contributed by atoms with van der Waals surface area (Å²) in [5.74, 6) is 0.00568. The number of aromatic amines is 1. The van der Waals surface area contributed by atoms with Crippen LogP contribution in [-0.4, -0.2) is 47.6 Å². The molecule has 1 saturated heterocycles. The van der Waals surface area contributed by atoms with Crippen LogP contribution in [0.25, 0.3) is 11.0 Å². The highest BCUT2D eigenvalue weighted by Gasteiger charge is 2.39. The van der Waals surface area contributed by atoms with Crippen molar-refractivity contribution < 1.29 is 23.4 Å². The van der Waals surface area contributed by atoms with Gasteiger partial charge < -0.3 is 33.7 Å². The zero-order chi connectivity index (χ0) is 18.2. The minimum Gasteiger partial charge on any atom is -0.780 e. The van der Waals surface area contributed by atoms with Crippen molar-refractivity contribution in [1.82, 2.24) is 14.5 Å². The Hall–Kier alpha value is -1.33. The number of rotatable bonds is 6. The predicted octanol–water partition coefficient (Wildman–Crippen LogP) is 1.13. The highest BCUT2D eigenvalue weighted by Crippen LogP contribution is 2.44. The number of hydrogen-bond acceptors (Lipinski definition) is 9. The summed E-state index contributed by atoms with van der Waals surface area (Å²) in [4.78, 5) is 30.5. The first-order valence-corrected chi connectivity index (χ1v) is 9.96. The third kappa shape index (κ3) is 4.94. The molecular weight excluding hydrogens is 395 g/mol. The second-order valence-electron chi connectivity index (χ2n) is 5.51. The maximum atomic E-state index is 12.0. The molecule has 3 N–H and O–H groups in total. The molecule has 0 radical (unpaired) electrons. The molecule has 10 nitrogen and oxygen atoms in total. The maximum absolute atomic E-state index is 12.0. The van der Waals surface area contributed by atoms with Crippen LogP contribution in [-0.2, 0) is 30.3 Å². The third-order valence-electron chi connectivity index (χ3n) is 3.91. The van der Waals surface area contributed by atoms with E-state index in [1.54, 1.807) is 16.8 Å². The molecule has 0 spiro atoms. The number of anilines is 1. The molecule has 27 heavy (non-hydrogen) atoms. The molecule has 0 bridgehead atoms. The Morgan fingerprint density at radius 1 is 1.52 bits per heavy atom. The van der Waals surface area contributed by atoms with Crippen LogP contribution in [0.4, 0.5) is 5.95 Å². The molecule has 2 aromatic heterocycles. The highest BCUT2D eigenvalue weighted by atomic mass is 32.5. The number of methoxy groups -OCH3 is 1. The number of nitrogens with one attached hydrogen (secondary N) is 1. The molecule has 0 amide bonds. The van der Waals surface area contributed by atoms with Gasteiger partial charge in [0, 0.05) is 26.8 Å². The fraction of sp³-hybridized carbons (Fsp3) is 0.600. The van der Waals surface area contributed by atoms with Crippen LogP contribution >= 0.6 is 6.72 Å². The Morgan fingerprint density at radius 2 is 2.22 bits per heavy atom. The van der Waals surface area contributed by atoms with Crippen molar-refractivity contribution in [3.8, 4) is 0 Å². The number of hydrogen-bond donors (Lipinski definition) is 2. The molecule has 154 valence electrons. The number of ether oxygens (including phenoxy) is 2. The van der Waals surface area contributed by atoms with E-state index in [1.165, 1.54) is 14.2 Å². The first-order chi connectivity index (χ1) is 11.8. The standard InChI is InChI=1S/C13H19N4O6PS.2CH4/c1-20-6-9-8(23-24(19,25)21-2)5-10(22-9)17-4-3-7-11(17)15-13(14)16-12(7)18;;/h3-4,8-10H,5-6H2,1-2H3,(H,19,25)(H3,14,15,16,18);2*1H4/p-1. The van der Waals surface area contributed by atoms with E-state index in [4.69, 9.17) is 36.1 Å². The van der Waals surface area contributed by atoms with E-state index >= 15 is 0 Å². The molecule has 4 atom stereocenters. The van der Waals surface area contributed by atoms with E-state index in [0.717, 1.165) is 0 Å². The first-order valence-electron chi connectivity index (χ1n) is 7.40. The first kappa shape index (κ1) is 23.7. The predicted molar refractivity (Wildman–Crippen MR) is 105 cm³/mol. The summed E-state index contributed by atoms with van der Waals surface area (Å²) in [5.41, 5.74) is 5.67. The van der Waals surface area contributed by atoms with Gasteiger partial charge in [-0.05, 0) is 6.07 Å². The Balaban J connectivity index is 0.00000182. The molecule has 0 aromatic carbocycles. The quantitative estimate of drug-likeness (QED) is 0.658. The largest absolute Gasteiger partial charge is 0.780 e. The van der Waals surface area contributed by atoms with Crippen molar-refractivity contribution in [2.75, 3.05) is 26.6 Å². The van der Waals surface area contributed by atoms with Crippen LogP contribution < -0.4 is 16.2 Å². The average Bonchev–Trinajstić information content (AvgIpc) is 3.12. The second-order valence-corrected chi connectivity index (χ2v) is 8.32. The van der Waals surface area contributed by atoms with Gasteiger partial charge in [-0.3, -0.25) is 9.78 Å². The van der Waals surface area contributed by atoms with Crippen LogP contribution in [0.1, 0.15) is 27.5 Å². The Kier molecular flexibility index (Phi) is 8.12. The van der Waals surface area contributed by atoms with E-state index in [0.29, 0.717) is 17.5 Å². The molecule has 12 heteroatoms. The van der Waals surface area contributed by atoms with E-state index in [2.05, 4.69) is 9.97 Å². The van der Waals surface area contributed by atoms with Crippen molar-refractivity contribution in [1.29, 1.82) is 0 Å². The smallest absolute Gasteiger partial charge is 0.261 e. The lowest BCUT2D eigenvalue weighted by molar-refractivity contribution is -0.210. The van der Waals surface area contributed by atoms with Crippen molar-refractivity contribution >= 4 is 35.5 Å². The Bertz CT molecular complexity index is 872. The van der Waals surface area contributed by atoms with E-state index < -0.39 is 25.2 Å². The fourth-order valence-corrected chi connectivity index (χ4v) is 3.77. The average molecular weight is 421 g/mol. The van der Waals surface area contributed by atoms with Gasteiger partial charge in [-0.1, -0.05) is 26.7 Å². The zero-order valence-electron chi connectivity index (χ0n) is 13.6. The van der Waals surface area contributed by atoms with E-state index in [-0.39, 0.29) is 33.0 Å². The fourth-order valence-electron chi connectivity index (χ4n) is 2.80. The van der Waals surface area contributed by atoms with Gasteiger partial charge in [-0.25, -0.2) is 0 Å². The molecule has 0 aliphatic carbocycles. The van der Waals surface area contributed by atoms with Crippen LogP contribution in [0.3, 0.4) is 0 Å². The van der Waals surface area contributed by atoms with Gasteiger partial charge in [-0.15, -0.1) is 0 Å². The minimum atomic E-state index is -3.60. The summed E-state index contributed by atoms with van der Waals surface area (Å²) < 4.78 is 22.9. The normalized spacial score (nSPS) is 24.2. The van der Waals surface area contributed by atoms with Gasteiger partial charge in [0.1, 0.15) is 19.1 Å². The lowest BCUT2D eigenvalue weighted by Gasteiger charge is -2.30. The molecule has 4 unspecified atom stereocenters. The van der Waals surface area contributed by atoms with Gasteiger partial charge in [0.15, 0.2) is 5.65 Å². The van der Waals surface area contributed by atoms with Crippen LogP contribution in [0, 0.1) is 0 Å². The van der Waals surface area contributed by atoms with Crippen molar-refractivity contribution in [2.45, 2.75) is 39.7 Å². The third-order valence-corrected chi connectivity index (χ3v) is 5.59. The van der Waals surface area contributed by atoms with Crippen molar-refractivity contribution in [2.24, 2.45) is 0 Å². The Labute approximate surface area is 162 Å². The van der Waals surface area contributed by atoms with Crippen molar-refractivity contribution in [3.05, 3.63) is 22.6 Å². The lowest BCUT2D eigenvalue weighted by atomic mass is 10.2. The monoisotopic (exact) mass is 421 g/mol. The molecule has 3 heterocycles. The van der Waals surface area contributed by atoms with Gasteiger partial charge in [0.05, 0.1) is 18.1 Å². The molecule has 1 fully saturated rings. The summed E-state index contributed by atoms with van der Waals surface area (Å²) in [7, 11) is 2.75. The number of H-pyrrole nitrogens is 1. The van der Waals surface area contributed by atoms with Gasteiger partial charge in [0.2, 0.25) is 5.95 Å². The number of nitrogens with zero attached hydrogens (tertiary/aromatic N) is 2. The summed E-state index contributed by atoms with van der Waals surface area (Å²) in [6, 6.07) is 1.62. The summed E-state index contributed by atoms with van der Waals surface area (Å²) >= 11 is 4.80. The van der Waals surface area contributed by atoms with Gasteiger partial charge in [-0.2, -0.15) is 4.98 Å². The van der Waals surface area contributed by atoms with Gasteiger partial charge in [0.25, 0.3) is 5.56 Å². The summed E-state index contributed by atoms with van der Waals surface area (Å²) in [6.07, 6.45) is 0.398. The zero-order valence-corrected chi connectivity index (χ0v) is 15.3. The molecule has 2 aromatic rings. The number of fused-ring (bicyclic) bond motifs is 1. The second kappa shape index (κ2) is 9.24. The van der Waals surface area contributed by atoms with Crippen LogP contribution in [0.15, 0.2) is 17.1 Å². The number of nitrogen functional groups attached to an aromatic ring is 1. The summed E-state index contributed by atoms with van der Waals surface area (Å²) in [6.45, 7) is -3.38. The number of aromatic nitrogens is 3. The van der Waals surface area contributed by atoms with Crippen LogP contribution in [0.5, 0.6) is 0 Å². The molecule has 0 saturated carbocycles.